The lowest BCUT2D eigenvalue weighted by atomic mass is 10.2. The van der Waals surface area contributed by atoms with Gasteiger partial charge in [0.05, 0.1) is 12.2 Å². The fraction of sp³-hybridized carbons (Fsp3) is 0.0909. The van der Waals surface area contributed by atoms with Crippen LogP contribution in [0.4, 0.5) is 10.7 Å². The summed E-state index contributed by atoms with van der Waals surface area (Å²) in [5, 5.41) is 14.7. The molecule has 0 aliphatic carbocycles. The first-order valence-electron chi connectivity index (χ1n) is 5.02. The Morgan fingerprint density at radius 3 is 2.89 bits per heavy atom. The number of carbonyl (C=O) groups excluding carboxylic acids is 1. The van der Waals surface area contributed by atoms with Gasteiger partial charge in [0.1, 0.15) is 21.5 Å². The quantitative estimate of drug-likeness (QED) is 0.795. The number of nitriles is 1. The van der Waals surface area contributed by atoms with E-state index in [1.54, 1.807) is 11.3 Å². The predicted octanol–water partition coefficient (Wildman–Crippen LogP) is 1.97. The molecule has 0 aromatic carbocycles. The molecule has 0 unspecified atom stereocenters. The maximum atomic E-state index is 11.2. The van der Waals surface area contributed by atoms with Crippen molar-refractivity contribution < 1.29 is 4.79 Å². The molecule has 0 saturated carbocycles. The highest BCUT2D eigenvalue weighted by Crippen LogP contribution is 2.35. The number of nitrogens with two attached hydrogens (primary N) is 2. The summed E-state index contributed by atoms with van der Waals surface area (Å²) in [5.41, 5.74) is 11.4. The standard InChI is InChI=1S/C11H10N4OS2/c12-4-7-8(13)9(10(14)16)18-11(7)15-5-6-2-1-3-17-6/h1-3,15H,5,13H2,(H2,14,16). The Kier molecular flexibility index (Phi) is 3.50. The van der Waals surface area contributed by atoms with Crippen LogP contribution in [0.2, 0.25) is 0 Å². The summed E-state index contributed by atoms with van der Waals surface area (Å²) in [5.74, 6) is -0.613. The molecule has 1 amide bonds. The van der Waals surface area contributed by atoms with Gasteiger partial charge in [0.15, 0.2) is 0 Å². The van der Waals surface area contributed by atoms with Crippen LogP contribution in [0.5, 0.6) is 0 Å². The fourth-order valence-corrected chi connectivity index (χ4v) is 3.01. The largest absolute Gasteiger partial charge is 0.396 e. The van der Waals surface area contributed by atoms with E-state index in [-0.39, 0.29) is 16.1 Å². The summed E-state index contributed by atoms with van der Waals surface area (Å²) in [6.07, 6.45) is 0. The second-order valence-corrected chi connectivity index (χ2v) is 5.51. The van der Waals surface area contributed by atoms with Crippen LogP contribution >= 0.6 is 22.7 Å². The van der Waals surface area contributed by atoms with Crippen molar-refractivity contribution in [3.05, 3.63) is 32.8 Å². The number of anilines is 2. The van der Waals surface area contributed by atoms with Crippen LogP contribution in [0.3, 0.4) is 0 Å². The van der Waals surface area contributed by atoms with Crippen molar-refractivity contribution in [3.63, 3.8) is 0 Å². The maximum Gasteiger partial charge on any atom is 0.261 e. The highest BCUT2D eigenvalue weighted by molar-refractivity contribution is 7.19. The average molecular weight is 278 g/mol. The number of nitrogens with zero attached hydrogens (tertiary/aromatic N) is 1. The Morgan fingerprint density at radius 2 is 2.33 bits per heavy atom. The van der Waals surface area contributed by atoms with Crippen LogP contribution in [-0.2, 0) is 6.54 Å². The van der Waals surface area contributed by atoms with Crippen LogP contribution in [0.1, 0.15) is 20.1 Å². The van der Waals surface area contributed by atoms with E-state index in [0.717, 1.165) is 16.2 Å². The Hall–Kier alpha value is -2.04. The molecule has 5 nitrogen and oxygen atoms in total. The number of hydrogen-bond acceptors (Lipinski definition) is 6. The molecule has 0 radical (unpaired) electrons. The van der Waals surface area contributed by atoms with Crippen LogP contribution in [-0.4, -0.2) is 5.91 Å². The first-order chi connectivity index (χ1) is 8.63. The van der Waals surface area contributed by atoms with E-state index in [4.69, 9.17) is 16.7 Å². The minimum Gasteiger partial charge on any atom is -0.396 e. The molecule has 0 atom stereocenters. The summed E-state index contributed by atoms with van der Waals surface area (Å²) in [6.45, 7) is 0.588. The van der Waals surface area contributed by atoms with Crippen molar-refractivity contribution >= 4 is 39.3 Å². The number of hydrogen-bond donors (Lipinski definition) is 3. The van der Waals surface area contributed by atoms with E-state index in [1.165, 1.54) is 0 Å². The molecule has 2 heterocycles. The molecule has 0 fully saturated rings. The van der Waals surface area contributed by atoms with Gasteiger partial charge in [-0.05, 0) is 11.4 Å². The van der Waals surface area contributed by atoms with Crippen LogP contribution in [0.25, 0.3) is 0 Å². The van der Waals surface area contributed by atoms with Crippen LogP contribution in [0, 0.1) is 11.3 Å². The minimum atomic E-state index is -0.613. The molecule has 7 heteroatoms. The van der Waals surface area contributed by atoms with Crippen LogP contribution in [0.15, 0.2) is 17.5 Å². The number of thiophene rings is 2. The summed E-state index contributed by atoms with van der Waals surface area (Å²) < 4.78 is 0. The van der Waals surface area contributed by atoms with Crippen molar-refractivity contribution in [2.24, 2.45) is 5.73 Å². The molecule has 0 aliphatic rings. The van der Waals surface area contributed by atoms with Crippen molar-refractivity contribution in [2.45, 2.75) is 6.54 Å². The minimum absolute atomic E-state index is 0.156. The normalized spacial score (nSPS) is 9.94. The number of nitrogen functional groups attached to an aromatic ring is 1. The molecule has 2 rings (SSSR count). The van der Waals surface area contributed by atoms with E-state index in [0.29, 0.717) is 11.5 Å². The average Bonchev–Trinajstić information content (AvgIpc) is 2.93. The van der Waals surface area contributed by atoms with Gasteiger partial charge in [0.2, 0.25) is 0 Å². The van der Waals surface area contributed by atoms with E-state index in [2.05, 4.69) is 5.32 Å². The third-order valence-corrected chi connectivity index (χ3v) is 4.34. The molecule has 92 valence electrons. The molecule has 18 heavy (non-hydrogen) atoms. The fourth-order valence-electron chi connectivity index (χ4n) is 1.44. The summed E-state index contributed by atoms with van der Waals surface area (Å²) >= 11 is 2.72. The Balaban J connectivity index is 2.25. The van der Waals surface area contributed by atoms with Gasteiger partial charge in [0, 0.05) is 4.88 Å². The van der Waals surface area contributed by atoms with Crippen molar-refractivity contribution in [2.75, 3.05) is 11.1 Å². The molecular formula is C11H10N4OS2. The SMILES string of the molecule is N#Cc1c(NCc2cccs2)sc(C(N)=O)c1N. The Labute approximate surface area is 112 Å². The first kappa shape index (κ1) is 12.4. The van der Waals surface area contributed by atoms with Crippen molar-refractivity contribution in [1.82, 2.24) is 0 Å². The lowest BCUT2D eigenvalue weighted by molar-refractivity contribution is 0.100. The summed E-state index contributed by atoms with van der Waals surface area (Å²) in [7, 11) is 0. The van der Waals surface area contributed by atoms with Crippen LogP contribution < -0.4 is 16.8 Å². The summed E-state index contributed by atoms with van der Waals surface area (Å²) in [6, 6.07) is 5.92. The Morgan fingerprint density at radius 1 is 1.56 bits per heavy atom. The lowest BCUT2D eigenvalue weighted by Crippen LogP contribution is -2.10. The van der Waals surface area contributed by atoms with Crippen molar-refractivity contribution in [3.8, 4) is 6.07 Å². The highest BCUT2D eigenvalue weighted by atomic mass is 32.1. The first-order valence-corrected chi connectivity index (χ1v) is 6.71. The van der Waals surface area contributed by atoms with Gasteiger partial charge in [-0.15, -0.1) is 22.7 Å². The molecule has 0 bridgehead atoms. The third-order valence-electron chi connectivity index (χ3n) is 2.28. The van der Waals surface area contributed by atoms with E-state index >= 15 is 0 Å². The predicted molar refractivity (Wildman–Crippen MR) is 73.6 cm³/mol. The molecule has 0 saturated heterocycles. The van der Waals surface area contributed by atoms with Gasteiger partial charge >= 0.3 is 0 Å². The highest BCUT2D eigenvalue weighted by Gasteiger charge is 2.18. The van der Waals surface area contributed by atoms with Gasteiger partial charge in [0.25, 0.3) is 5.91 Å². The van der Waals surface area contributed by atoms with Crippen molar-refractivity contribution in [1.29, 1.82) is 5.26 Å². The van der Waals surface area contributed by atoms with E-state index in [1.807, 2.05) is 23.6 Å². The third kappa shape index (κ3) is 2.30. The smallest absolute Gasteiger partial charge is 0.261 e. The number of rotatable bonds is 4. The van der Waals surface area contributed by atoms with Gasteiger partial charge < -0.3 is 16.8 Å². The van der Waals surface area contributed by atoms with E-state index < -0.39 is 5.91 Å². The van der Waals surface area contributed by atoms with Gasteiger partial charge in [-0.25, -0.2) is 0 Å². The molecular weight excluding hydrogens is 268 g/mol. The number of carbonyl (C=O) groups is 1. The van der Waals surface area contributed by atoms with Gasteiger partial charge in [-0.3, -0.25) is 4.79 Å². The second kappa shape index (κ2) is 5.08. The molecule has 2 aromatic rings. The van der Waals surface area contributed by atoms with E-state index in [9.17, 15) is 4.79 Å². The zero-order valence-corrected chi connectivity index (χ0v) is 10.9. The molecule has 0 aliphatic heterocycles. The lowest BCUT2D eigenvalue weighted by Gasteiger charge is -2.01. The zero-order valence-electron chi connectivity index (χ0n) is 9.27. The van der Waals surface area contributed by atoms with Gasteiger partial charge in [-0.2, -0.15) is 5.26 Å². The molecule has 2 aromatic heterocycles. The second-order valence-electron chi connectivity index (χ2n) is 3.46. The molecule has 5 N–H and O–H groups in total. The summed E-state index contributed by atoms with van der Waals surface area (Å²) in [4.78, 5) is 12.5. The topological polar surface area (TPSA) is 105 Å². The Bertz CT molecular complexity index is 610. The number of amides is 1. The number of primary amides is 1. The monoisotopic (exact) mass is 278 g/mol. The number of nitrogens with one attached hydrogen (secondary N) is 1. The van der Waals surface area contributed by atoms with Gasteiger partial charge in [-0.1, -0.05) is 6.07 Å². The molecule has 0 spiro atoms. The maximum absolute atomic E-state index is 11.2. The zero-order chi connectivity index (χ0) is 13.1.